The van der Waals surface area contributed by atoms with Crippen LogP contribution in [0.4, 0.5) is 0 Å². The second-order valence-electron chi connectivity index (χ2n) is 3.14. The fourth-order valence-electron chi connectivity index (χ4n) is 1.32. The van der Waals surface area contributed by atoms with Crippen LogP contribution >= 0.6 is 0 Å². The van der Waals surface area contributed by atoms with Gasteiger partial charge in [0, 0.05) is 29.7 Å². The van der Waals surface area contributed by atoms with E-state index < -0.39 is 0 Å². The molecule has 5 heteroatoms. The molecule has 0 radical (unpaired) electrons. The summed E-state index contributed by atoms with van der Waals surface area (Å²) in [6, 6.07) is 4.57. The lowest BCUT2D eigenvalue weighted by Gasteiger charge is -2.02. The number of rotatable bonds is 1. The first-order valence-corrected chi connectivity index (χ1v) is 4.42. The van der Waals surface area contributed by atoms with Crippen LogP contribution in [0.15, 0.2) is 35.4 Å². The number of aryl methyl sites for hydroxylation is 1. The lowest BCUT2D eigenvalue weighted by Crippen LogP contribution is -2.17. The van der Waals surface area contributed by atoms with Gasteiger partial charge in [0.25, 0.3) is 11.5 Å². The smallest absolute Gasteiger partial charge is 0.268 e. The molecule has 0 aliphatic carbocycles. The maximum Gasteiger partial charge on any atom is 0.276 e. The molecule has 2 rings (SSSR count). The van der Waals surface area contributed by atoms with Crippen molar-refractivity contribution < 1.29 is 4.79 Å². The maximum atomic E-state index is 11.8. The van der Waals surface area contributed by atoms with Gasteiger partial charge in [0.15, 0.2) is 0 Å². The van der Waals surface area contributed by atoms with Gasteiger partial charge in [-0.05, 0) is 19.1 Å². The number of hydrogen-bond donors (Lipinski definition) is 1. The monoisotopic (exact) mass is 203 g/mol. The third-order valence-electron chi connectivity index (χ3n) is 2.05. The average molecular weight is 203 g/mol. The summed E-state index contributed by atoms with van der Waals surface area (Å²) in [4.78, 5) is 26.7. The topological polar surface area (TPSA) is 67.8 Å². The van der Waals surface area contributed by atoms with E-state index in [9.17, 15) is 9.59 Å². The number of nitrogens with zero attached hydrogens (tertiary/aromatic N) is 2. The molecule has 76 valence electrons. The van der Waals surface area contributed by atoms with Gasteiger partial charge >= 0.3 is 0 Å². The summed E-state index contributed by atoms with van der Waals surface area (Å²) >= 11 is 0. The van der Waals surface area contributed by atoms with Gasteiger partial charge in [-0.1, -0.05) is 0 Å². The quantitative estimate of drug-likeness (QED) is 0.736. The summed E-state index contributed by atoms with van der Waals surface area (Å²) in [7, 11) is 0. The highest BCUT2D eigenvalue weighted by Crippen LogP contribution is 2.01. The van der Waals surface area contributed by atoms with E-state index in [-0.39, 0.29) is 11.5 Å². The van der Waals surface area contributed by atoms with E-state index in [2.05, 4.69) is 10.1 Å². The third-order valence-corrected chi connectivity index (χ3v) is 2.05. The van der Waals surface area contributed by atoms with Crippen LogP contribution in [0, 0.1) is 6.92 Å². The molecule has 0 spiro atoms. The van der Waals surface area contributed by atoms with Gasteiger partial charge in [0.2, 0.25) is 0 Å². The zero-order valence-corrected chi connectivity index (χ0v) is 8.10. The van der Waals surface area contributed by atoms with Crippen molar-refractivity contribution in [3.05, 3.63) is 52.2 Å². The van der Waals surface area contributed by atoms with Crippen molar-refractivity contribution in [1.29, 1.82) is 0 Å². The van der Waals surface area contributed by atoms with Gasteiger partial charge in [-0.2, -0.15) is 0 Å². The Hall–Kier alpha value is -2.17. The van der Waals surface area contributed by atoms with Crippen LogP contribution in [-0.2, 0) is 0 Å². The highest BCUT2D eigenvalue weighted by Gasteiger charge is 2.10. The van der Waals surface area contributed by atoms with Gasteiger partial charge in [0.05, 0.1) is 0 Å². The normalized spacial score (nSPS) is 10.2. The molecule has 0 aromatic carbocycles. The molecule has 0 amide bonds. The summed E-state index contributed by atoms with van der Waals surface area (Å²) in [6.07, 6.45) is 3.06. The Morgan fingerprint density at radius 1 is 1.40 bits per heavy atom. The zero-order chi connectivity index (χ0) is 10.8. The first-order chi connectivity index (χ1) is 7.18. The molecule has 1 N–H and O–H groups in total. The lowest BCUT2D eigenvalue weighted by molar-refractivity contribution is 0.0942. The molecular formula is C10H9N3O2. The molecule has 0 bridgehead atoms. The minimum absolute atomic E-state index is 0.267. The summed E-state index contributed by atoms with van der Waals surface area (Å²) in [5, 5.41) is 2.43. The van der Waals surface area contributed by atoms with Crippen LogP contribution in [0.2, 0.25) is 0 Å². The highest BCUT2D eigenvalue weighted by atomic mass is 16.2. The standard InChI is InChI=1S/C10H9N3O2/c1-7-6-9(14)12-13(7)10(15)8-2-4-11-5-3-8/h2-6H,1H3,(H,12,14). The van der Waals surface area contributed by atoms with Gasteiger partial charge in [-0.15, -0.1) is 0 Å². The van der Waals surface area contributed by atoms with E-state index >= 15 is 0 Å². The summed E-state index contributed by atoms with van der Waals surface area (Å²) < 4.78 is 1.22. The van der Waals surface area contributed by atoms with Crippen LogP contribution in [0.25, 0.3) is 0 Å². The minimum Gasteiger partial charge on any atom is -0.268 e. The number of aromatic amines is 1. The van der Waals surface area contributed by atoms with E-state index in [1.165, 1.54) is 23.1 Å². The predicted molar refractivity (Wildman–Crippen MR) is 53.8 cm³/mol. The first kappa shape index (κ1) is 9.39. The van der Waals surface area contributed by atoms with Crippen LogP contribution in [-0.4, -0.2) is 20.7 Å². The van der Waals surface area contributed by atoms with Crippen molar-refractivity contribution >= 4 is 5.91 Å². The molecule has 0 aliphatic rings. The van der Waals surface area contributed by atoms with Crippen molar-refractivity contribution in [3.8, 4) is 0 Å². The second-order valence-corrected chi connectivity index (χ2v) is 3.14. The van der Waals surface area contributed by atoms with Crippen LogP contribution < -0.4 is 5.56 Å². The molecule has 5 nitrogen and oxygen atoms in total. The number of H-pyrrole nitrogens is 1. The number of nitrogens with one attached hydrogen (secondary N) is 1. The summed E-state index contributed by atoms with van der Waals surface area (Å²) in [6.45, 7) is 1.69. The van der Waals surface area contributed by atoms with Gasteiger partial charge in [-0.3, -0.25) is 19.7 Å². The highest BCUT2D eigenvalue weighted by molar-refractivity contribution is 5.95. The SMILES string of the molecule is Cc1cc(=O)[nH]n1C(=O)c1ccncc1. The zero-order valence-electron chi connectivity index (χ0n) is 8.10. The predicted octanol–water partition coefficient (Wildman–Crippen LogP) is 0.568. The van der Waals surface area contributed by atoms with Gasteiger partial charge in [-0.25, -0.2) is 4.68 Å². The Kier molecular flexibility index (Phi) is 2.21. The molecule has 0 unspecified atom stereocenters. The molecular weight excluding hydrogens is 194 g/mol. The largest absolute Gasteiger partial charge is 0.276 e. The minimum atomic E-state index is -0.282. The third kappa shape index (κ3) is 1.71. The second kappa shape index (κ2) is 3.53. The Bertz CT molecular complexity index is 539. The van der Waals surface area contributed by atoms with E-state index in [1.807, 2.05) is 0 Å². The van der Waals surface area contributed by atoms with Crippen LogP contribution in [0.1, 0.15) is 16.1 Å². The van der Waals surface area contributed by atoms with Crippen molar-refractivity contribution in [2.45, 2.75) is 6.92 Å². The molecule has 0 atom stereocenters. The fourth-order valence-corrected chi connectivity index (χ4v) is 1.32. The molecule has 0 saturated heterocycles. The molecule has 2 heterocycles. The van der Waals surface area contributed by atoms with Crippen molar-refractivity contribution in [2.75, 3.05) is 0 Å². The first-order valence-electron chi connectivity index (χ1n) is 4.42. The van der Waals surface area contributed by atoms with E-state index in [1.54, 1.807) is 19.1 Å². The van der Waals surface area contributed by atoms with Crippen LogP contribution in [0.5, 0.6) is 0 Å². The van der Waals surface area contributed by atoms with Crippen molar-refractivity contribution in [3.63, 3.8) is 0 Å². The molecule has 0 fully saturated rings. The molecule has 2 aromatic heterocycles. The average Bonchev–Trinajstić information content (AvgIpc) is 2.58. The Balaban J connectivity index is 2.46. The number of aromatic nitrogens is 3. The number of carbonyl (C=O) groups excluding carboxylic acids is 1. The van der Waals surface area contributed by atoms with Crippen molar-refractivity contribution in [2.24, 2.45) is 0 Å². The van der Waals surface area contributed by atoms with Crippen LogP contribution in [0.3, 0.4) is 0 Å². The molecule has 2 aromatic rings. The Labute approximate surface area is 85.4 Å². The van der Waals surface area contributed by atoms with Crippen molar-refractivity contribution in [1.82, 2.24) is 14.8 Å². The van der Waals surface area contributed by atoms with Gasteiger partial charge in [0.1, 0.15) is 0 Å². The molecule has 0 aliphatic heterocycles. The number of carbonyl (C=O) groups is 1. The summed E-state index contributed by atoms with van der Waals surface area (Å²) in [5.41, 5.74) is 0.789. The molecule has 0 saturated carbocycles. The van der Waals surface area contributed by atoms with E-state index in [0.29, 0.717) is 11.3 Å². The molecule has 15 heavy (non-hydrogen) atoms. The van der Waals surface area contributed by atoms with E-state index in [4.69, 9.17) is 0 Å². The maximum absolute atomic E-state index is 11.8. The summed E-state index contributed by atoms with van der Waals surface area (Å²) in [5.74, 6) is -0.267. The fraction of sp³-hybridized carbons (Fsp3) is 0.100. The Morgan fingerprint density at radius 2 is 2.07 bits per heavy atom. The number of pyridine rings is 1. The Morgan fingerprint density at radius 3 is 2.60 bits per heavy atom. The van der Waals surface area contributed by atoms with Gasteiger partial charge < -0.3 is 0 Å². The number of hydrogen-bond acceptors (Lipinski definition) is 3. The lowest BCUT2D eigenvalue weighted by atomic mass is 10.2. The van der Waals surface area contributed by atoms with E-state index in [0.717, 1.165) is 0 Å².